The van der Waals surface area contributed by atoms with Crippen LogP contribution in [0, 0.1) is 0 Å². The Hall–Kier alpha value is -3.32. The number of hydrogen-bond donors (Lipinski definition) is 1. The van der Waals surface area contributed by atoms with E-state index < -0.39 is 0 Å². The Balaban J connectivity index is 1.22. The van der Waals surface area contributed by atoms with E-state index in [0.717, 1.165) is 22.6 Å². The Bertz CT molecular complexity index is 1240. The highest BCUT2D eigenvalue weighted by molar-refractivity contribution is 6.39. The molecule has 0 unspecified atom stereocenters. The number of hydrogen-bond acceptors (Lipinski definition) is 5. The minimum atomic E-state index is -0.339. The number of carbonyl (C=O) groups is 1. The number of imidazole rings is 1. The third kappa shape index (κ3) is 6.85. The predicted octanol–water partition coefficient (Wildman–Crippen LogP) is 6.40. The third-order valence-electron chi connectivity index (χ3n) is 5.29. The van der Waals surface area contributed by atoms with Gasteiger partial charge in [-0.15, -0.1) is 0 Å². The molecule has 1 N–H and O–H groups in total. The van der Waals surface area contributed by atoms with Gasteiger partial charge in [0.1, 0.15) is 12.4 Å². The van der Waals surface area contributed by atoms with E-state index in [0.29, 0.717) is 35.5 Å². The molecule has 0 radical (unpaired) electrons. The van der Waals surface area contributed by atoms with E-state index in [1.54, 1.807) is 24.4 Å². The zero-order valence-corrected chi connectivity index (χ0v) is 20.5. The van der Waals surface area contributed by atoms with Crippen LogP contribution in [0.2, 0.25) is 10.0 Å². The summed E-state index contributed by atoms with van der Waals surface area (Å²) in [6.07, 6.45) is 3.81. The van der Waals surface area contributed by atoms with Gasteiger partial charge in [-0.1, -0.05) is 77.8 Å². The van der Waals surface area contributed by atoms with E-state index in [9.17, 15) is 4.79 Å². The zero-order valence-electron chi connectivity index (χ0n) is 19.0. The zero-order chi connectivity index (χ0) is 24.5. The van der Waals surface area contributed by atoms with Crippen molar-refractivity contribution >= 4 is 40.5 Å². The summed E-state index contributed by atoms with van der Waals surface area (Å²) in [7, 11) is 0. The standard InChI is InChI=1S/C27H25Cl2N3O3/c28-22-10-6-11-23(29)26(22)31-24-12-5-4-9-21(24)19-25(33)35-18-17-34-16-15-32-14-13-30-27(32)20-7-2-1-3-8-20/h1-14,31H,15-19H2. The molecule has 35 heavy (non-hydrogen) atoms. The number of rotatable bonds is 11. The highest BCUT2D eigenvalue weighted by Crippen LogP contribution is 2.33. The monoisotopic (exact) mass is 509 g/mol. The Morgan fingerprint density at radius 3 is 2.43 bits per heavy atom. The van der Waals surface area contributed by atoms with Gasteiger partial charge in [0.15, 0.2) is 0 Å². The minimum absolute atomic E-state index is 0.112. The molecule has 0 amide bonds. The van der Waals surface area contributed by atoms with E-state index in [2.05, 4.69) is 10.3 Å². The van der Waals surface area contributed by atoms with Crippen LogP contribution in [0.25, 0.3) is 11.4 Å². The summed E-state index contributed by atoms with van der Waals surface area (Å²) in [6, 6.07) is 22.7. The number of nitrogens with one attached hydrogen (secondary N) is 1. The minimum Gasteiger partial charge on any atom is -0.463 e. The van der Waals surface area contributed by atoms with Crippen molar-refractivity contribution in [1.82, 2.24) is 9.55 Å². The summed E-state index contributed by atoms with van der Waals surface area (Å²) in [5.41, 5.74) is 3.17. The Kier molecular flexibility index (Phi) is 8.79. The Morgan fingerprint density at radius 1 is 0.886 bits per heavy atom. The fraction of sp³-hybridized carbons (Fsp3) is 0.185. The molecule has 3 aromatic carbocycles. The van der Waals surface area contributed by atoms with Crippen LogP contribution in [0.15, 0.2) is 85.2 Å². The lowest BCUT2D eigenvalue weighted by Gasteiger charge is -2.14. The summed E-state index contributed by atoms with van der Waals surface area (Å²) in [4.78, 5) is 16.8. The number of esters is 1. The average Bonchev–Trinajstić information content (AvgIpc) is 3.34. The van der Waals surface area contributed by atoms with Gasteiger partial charge in [0.2, 0.25) is 0 Å². The Labute approximate surface area is 214 Å². The molecular formula is C27H25Cl2N3O3. The Morgan fingerprint density at radius 2 is 1.63 bits per heavy atom. The van der Waals surface area contributed by atoms with Crippen LogP contribution >= 0.6 is 23.2 Å². The van der Waals surface area contributed by atoms with E-state index in [-0.39, 0.29) is 19.0 Å². The van der Waals surface area contributed by atoms with Crippen molar-refractivity contribution in [3.63, 3.8) is 0 Å². The summed E-state index contributed by atoms with van der Waals surface area (Å²) < 4.78 is 13.1. The van der Waals surface area contributed by atoms with Gasteiger partial charge in [0.05, 0.1) is 35.4 Å². The summed E-state index contributed by atoms with van der Waals surface area (Å²) >= 11 is 12.5. The third-order valence-corrected chi connectivity index (χ3v) is 5.92. The van der Waals surface area contributed by atoms with Gasteiger partial charge in [-0.25, -0.2) is 4.98 Å². The summed E-state index contributed by atoms with van der Waals surface area (Å²) in [5.74, 6) is 0.556. The topological polar surface area (TPSA) is 65.4 Å². The van der Waals surface area contributed by atoms with Crippen LogP contribution < -0.4 is 5.32 Å². The quantitative estimate of drug-likeness (QED) is 0.187. The molecule has 0 aliphatic rings. The highest BCUT2D eigenvalue weighted by atomic mass is 35.5. The maximum Gasteiger partial charge on any atom is 0.310 e. The van der Waals surface area contributed by atoms with Gasteiger partial charge in [-0.3, -0.25) is 4.79 Å². The lowest BCUT2D eigenvalue weighted by molar-refractivity contribution is -0.144. The van der Waals surface area contributed by atoms with Crippen molar-refractivity contribution in [2.24, 2.45) is 0 Å². The lowest BCUT2D eigenvalue weighted by Crippen LogP contribution is -2.15. The van der Waals surface area contributed by atoms with E-state index in [1.807, 2.05) is 65.4 Å². The largest absolute Gasteiger partial charge is 0.463 e. The molecule has 4 rings (SSSR count). The first kappa shape index (κ1) is 24.8. The smallest absolute Gasteiger partial charge is 0.310 e. The van der Waals surface area contributed by atoms with E-state index in [1.165, 1.54) is 0 Å². The van der Waals surface area contributed by atoms with Crippen molar-refractivity contribution in [1.29, 1.82) is 0 Å². The molecule has 4 aromatic rings. The molecule has 6 nitrogen and oxygen atoms in total. The van der Waals surface area contributed by atoms with Crippen LogP contribution in [0.3, 0.4) is 0 Å². The first-order chi connectivity index (χ1) is 17.1. The molecule has 1 heterocycles. The average molecular weight is 510 g/mol. The number of benzene rings is 3. The maximum absolute atomic E-state index is 12.4. The van der Waals surface area contributed by atoms with E-state index >= 15 is 0 Å². The fourth-order valence-electron chi connectivity index (χ4n) is 3.57. The van der Waals surface area contributed by atoms with Gasteiger partial charge in [0.25, 0.3) is 0 Å². The first-order valence-electron chi connectivity index (χ1n) is 11.2. The molecule has 8 heteroatoms. The molecule has 1 aromatic heterocycles. The van der Waals surface area contributed by atoms with Crippen LogP contribution in [0.1, 0.15) is 5.56 Å². The van der Waals surface area contributed by atoms with Crippen LogP contribution in [-0.2, 0) is 27.2 Å². The van der Waals surface area contributed by atoms with Gasteiger partial charge in [0, 0.05) is 30.2 Å². The molecule has 0 spiro atoms. The fourth-order valence-corrected chi connectivity index (χ4v) is 4.06. The van der Waals surface area contributed by atoms with Gasteiger partial charge in [-0.05, 0) is 23.8 Å². The number of ether oxygens (including phenoxy) is 2. The van der Waals surface area contributed by atoms with Crippen molar-refractivity contribution in [2.75, 3.05) is 25.1 Å². The van der Waals surface area contributed by atoms with Crippen molar-refractivity contribution in [3.05, 3.63) is 101 Å². The van der Waals surface area contributed by atoms with Crippen LogP contribution in [0.5, 0.6) is 0 Å². The second-order valence-corrected chi connectivity index (χ2v) is 8.51. The van der Waals surface area contributed by atoms with Gasteiger partial charge >= 0.3 is 5.97 Å². The number of aromatic nitrogens is 2. The van der Waals surface area contributed by atoms with Gasteiger partial charge in [-0.2, -0.15) is 0 Å². The molecule has 0 atom stereocenters. The second kappa shape index (κ2) is 12.4. The molecule has 0 bridgehead atoms. The summed E-state index contributed by atoms with van der Waals surface area (Å²) in [6.45, 7) is 1.64. The van der Waals surface area contributed by atoms with E-state index in [4.69, 9.17) is 32.7 Å². The first-order valence-corrected chi connectivity index (χ1v) is 12.0. The maximum atomic E-state index is 12.4. The highest BCUT2D eigenvalue weighted by Gasteiger charge is 2.12. The molecule has 0 aliphatic heterocycles. The summed E-state index contributed by atoms with van der Waals surface area (Å²) in [5, 5.41) is 4.22. The van der Waals surface area contributed by atoms with Crippen molar-refractivity contribution < 1.29 is 14.3 Å². The molecular weight excluding hydrogens is 485 g/mol. The van der Waals surface area contributed by atoms with Crippen molar-refractivity contribution in [2.45, 2.75) is 13.0 Å². The molecule has 0 aliphatic carbocycles. The molecule has 180 valence electrons. The number of carbonyl (C=O) groups excluding carboxylic acids is 1. The van der Waals surface area contributed by atoms with Crippen LogP contribution in [0.4, 0.5) is 11.4 Å². The number of anilines is 2. The molecule has 0 saturated heterocycles. The lowest BCUT2D eigenvalue weighted by atomic mass is 10.1. The predicted molar refractivity (Wildman–Crippen MR) is 139 cm³/mol. The van der Waals surface area contributed by atoms with Gasteiger partial charge < -0.3 is 19.4 Å². The molecule has 0 saturated carbocycles. The number of halogens is 2. The number of nitrogens with zero attached hydrogens (tertiary/aromatic N) is 2. The normalized spacial score (nSPS) is 10.8. The SMILES string of the molecule is O=C(Cc1ccccc1Nc1c(Cl)cccc1Cl)OCCOCCn1ccnc1-c1ccccc1. The molecule has 0 fully saturated rings. The van der Waals surface area contributed by atoms with Crippen molar-refractivity contribution in [3.8, 4) is 11.4 Å². The number of para-hydroxylation sites is 2. The second-order valence-electron chi connectivity index (χ2n) is 7.70. The van der Waals surface area contributed by atoms with Crippen LogP contribution in [-0.4, -0.2) is 35.3 Å².